The standard InChI is InChI=1S/C20H34Cl3NO6/c1-5-8-11-26-16-14(4)30-18(28-10-7-3)15(17(16)27-12-9-6-2)24-19(25)29-13-20(21,22)23/h7,14-18H,3,5-6,8-13H2,1-2,4H3,(H,24,25)/t14?,15?,16-,17?,18-/m0/s1. The quantitative estimate of drug-likeness (QED) is 0.228. The van der Waals surface area contributed by atoms with E-state index in [4.69, 9.17) is 58.5 Å². The van der Waals surface area contributed by atoms with Crippen molar-refractivity contribution in [3.63, 3.8) is 0 Å². The van der Waals surface area contributed by atoms with Crippen molar-refractivity contribution in [3.05, 3.63) is 12.7 Å². The van der Waals surface area contributed by atoms with Gasteiger partial charge >= 0.3 is 6.09 Å². The fourth-order valence-electron chi connectivity index (χ4n) is 2.94. The van der Waals surface area contributed by atoms with Gasteiger partial charge in [-0.15, -0.1) is 6.58 Å². The molecular formula is C20H34Cl3NO6. The molecule has 176 valence electrons. The van der Waals surface area contributed by atoms with Crippen molar-refractivity contribution in [2.24, 2.45) is 0 Å². The highest BCUT2D eigenvalue weighted by molar-refractivity contribution is 6.67. The number of halogens is 3. The molecule has 1 rings (SSSR count). The van der Waals surface area contributed by atoms with E-state index in [0.29, 0.717) is 13.2 Å². The fraction of sp³-hybridized carbons (Fsp3) is 0.850. The lowest BCUT2D eigenvalue weighted by atomic mass is 9.96. The van der Waals surface area contributed by atoms with E-state index in [0.717, 1.165) is 25.7 Å². The molecule has 1 N–H and O–H groups in total. The van der Waals surface area contributed by atoms with Crippen molar-refractivity contribution in [1.82, 2.24) is 5.32 Å². The van der Waals surface area contributed by atoms with E-state index >= 15 is 0 Å². The van der Waals surface area contributed by atoms with Crippen LogP contribution in [0.1, 0.15) is 46.5 Å². The molecule has 10 heteroatoms. The minimum atomic E-state index is -1.71. The average molecular weight is 491 g/mol. The summed E-state index contributed by atoms with van der Waals surface area (Å²) >= 11 is 17.0. The summed E-state index contributed by atoms with van der Waals surface area (Å²) in [5.41, 5.74) is 0. The van der Waals surface area contributed by atoms with Gasteiger partial charge in [0, 0.05) is 13.2 Å². The first-order chi connectivity index (χ1) is 14.2. The minimum Gasteiger partial charge on any atom is -0.445 e. The van der Waals surface area contributed by atoms with Gasteiger partial charge in [0.15, 0.2) is 6.29 Å². The molecule has 7 nitrogen and oxygen atoms in total. The molecular weight excluding hydrogens is 457 g/mol. The number of nitrogens with one attached hydrogen (secondary N) is 1. The smallest absolute Gasteiger partial charge is 0.407 e. The number of hydrogen-bond acceptors (Lipinski definition) is 6. The Kier molecular flexibility index (Phi) is 13.6. The van der Waals surface area contributed by atoms with Gasteiger partial charge in [-0.3, -0.25) is 0 Å². The molecule has 0 aromatic heterocycles. The molecule has 5 atom stereocenters. The summed E-state index contributed by atoms with van der Waals surface area (Å²) in [6, 6.07) is -0.687. The summed E-state index contributed by atoms with van der Waals surface area (Å²) in [5.74, 6) is 0. The van der Waals surface area contributed by atoms with Crippen molar-refractivity contribution >= 4 is 40.9 Å². The number of rotatable bonds is 13. The normalized spacial score (nSPS) is 26.9. The molecule has 1 aliphatic rings. The lowest BCUT2D eigenvalue weighted by Crippen LogP contribution is -2.65. The molecule has 3 unspecified atom stereocenters. The maximum atomic E-state index is 12.4. The van der Waals surface area contributed by atoms with Crippen molar-refractivity contribution in [1.29, 1.82) is 0 Å². The summed E-state index contributed by atoms with van der Waals surface area (Å²) in [4.78, 5) is 12.4. The van der Waals surface area contributed by atoms with Gasteiger partial charge in [-0.25, -0.2) is 4.79 Å². The monoisotopic (exact) mass is 489 g/mol. The second-order valence-corrected chi connectivity index (χ2v) is 9.59. The lowest BCUT2D eigenvalue weighted by molar-refractivity contribution is -0.272. The molecule has 1 saturated heterocycles. The summed E-state index contributed by atoms with van der Waals surface area (Å²) in [7, 11) is 0. The van der Waals surface area contributed by atoms with Crippen LogP contribution in [-0.2, 0) is 23.7 Å². The Labute approximate surface area is 194 Å². The first-order valence-corrected chi connectivity index (χ1v) is 11.5. The zero-order valence-electron chi connectivity index (χ0n) is 17.9. The van der Waals surface area contributed by atoms with Crippen LogP contribution in [0, 0.1) is 0 Å². The molecule has 0 spiro atoms. The Morgan fingerprint density at radius 2 is 1.70 bits per heavy atom. The highest BCUT2D eigenvalue weighted by atomic mass is 35.6. The van der Waals surface area contributed by atoms with Crippen LogP contribution in [0.5, 0.6) is 0 Å². The second-order valence-electron chi connectivity index (χ2n) is 7.07. The molecule has 0 bridgehead atoms. The molecule has 1 heterocycles. The number of ether oxygens (including phenoxy) is 5. The lowest BCUT2D eigenvalue weighted by Gasteiger charge is -2.45. The molecule has 0 radical (unpaired) electrons. The van der Waals surface area contributed by atoms with Crippen LogP contribution in [0.3, 0.4) is 0 Å². The summed E-state index contributed by atoms with van der Waals surface area (Å²) in [6.45, 7) is 10.6. The van der Waals surface area contributed by atoms with Crippen molar-refractivity contribution in [3.8, 4) is 0 Å². The van der Waals surface area contributed by atoms with E-state index in [-0.39, 0.29) is 12.7 Å². The number of unbranched alkanes of at least 4 members (excludes halogenated alkanes) is 2. The topological polar surface area (TPSA) is 75.3 Å². The largest absolute Gasteiger partial charge is 0.445 e. The number of amides is 1. The van der Waals surface area contributed by atoms with Gasteiger partial charge in [0.1, 0.15) is 24.9 Å². The molecule has 1 amide bonds. The van der Waals surface area contributed by atoms with Crippen molar-refractivity contribution < 1.29 is 28.5 Å². The summed E-state index contributed by atoms with van der Waals surface area (Å²) < 4.78 is 27.3. The van der Waals surface area contributed by atoms with E-state index in [9.17, 15) is 4.79 Å². The van der Waals surface area contributed by atoms with Gasteiger partial charge in [-0.2, -0.15) is 0 Å². The Balaban J connectivity index is 3.00. The molecule has 0 saturated carbocycles. The van der Waals surface area contributed by atoms with Crippen LogP contribution >= 0.6 is 34.8 Å². The van der Waals surface area contributed by atoms with Crippen LogP contribution in [0.4, 0.5) is 4.79 Å². The maximum Gasteiger partial charge on any atom is 0.407 e. The van der Waals surface area contributed by atoms with Gasteiger partial charge < -0.3 is 29.0 Å². The number of hydrogen-bond donors (Lipinski definition) is 1. The average Bonchev–Trinajstić information content (AvgIpc) is 2.68. The molecule has 30 heavy (non-hydrogen) atoms. The van der Waals surface area contributed by atoms with Crippen LogP contribution in [0.15, 0.2) is 12.7 Å². The van der Waals surface area contributed by atoms with Gasteiger partial charge in [0.25, 0.3) is 0 Å². The number of alkyl halides is 3. The van der Waals surface area contributed by atoms with Crippen LogP contribution < -0.4 is 5.32 Å². The highest BCUT2D eigenvalue weighted by Crippen LogP contribution is 2.28. The predicted octanol–water partition coefficient (Wildman–Crippen LogP) is 4.77. The van der Waals surface area contributed by atoms with Crippen LogP contribution in [0.2, 0.25) is 0 Å². The molecule has 0 aromatic carbocycles. The Morgan fingerprint density at radius 3 is 2.23 bits per heavy atom. The van der Waals surface area contributed by atoms with Gasteiger partial charge in [0.05, 0.1) is 12.7 Å². The van der Waals surface area contributed by atoms with E-state index in [1.807, 2.05) is 6.92 Å². The van der Waals surface area contributed by atoms with E-state index in [2.05, 4.69) is 25.7 Å². The van der Waals surface area contributed by atoms with Crippen LogP contribution in [0.25, 0.3) is 0 Å². The Bertz CT molecular complexity index is 505. The zero-order chi connectivity index (χ0) is 22.6. The third kappa shape index (κ3) is 10.4. The fourth-order valence-corrected chi connectivity index (χ4v) is 3.10. The highest BCUT2D eigenvalue weighted by Gasteiger charge is 2.47. The third-order valence-electron chi connectivity index (χ3n) is 4.43. The van der Waals surface area contributed by atoms with Gasteiger partial charge in [-0.1, -0.05) is 67.6 Å². The number of alkyl carbamates (subject to hydrolysis) is 1. The molecule has 1 aliphatic heterocycles. The molecule has 0 aromatic rings. The second kappa shape index (κ2) is 14.7. The summed E-state index contributed by atoms with van der Waals surface area (Å²) in [5, 5.41) is 2.74. The minimum absolute atomic E-state index is 0.238. The van der Waals surface area contributed by atoms with E-state index in [1.54, 1.807) is 6.08 Å². The van der Waals surface area contributed by atoms with E-state index in [1.165, 1.54) is 0 Å². The first-order valence-electron chi connectivity index (χ1n) is 10.3. The van der Waals surface area contributed by atoms with Crippen molar-refractivity contribution in [2.75, 3.05) is 26.4 Å². The van der Waals surface area contributed by atoms with Gasteiger partial charge in [0.2, 0.25) is 3.79 Å². The Morgan fingerprint density at radius 1 is 1.10 bits per heavy atom. The maximum absolute atomic E-state index is 12.4. The Hall–Kier alpha value is -0.280. The first kappa shape index (κ1) is 27.8. The SMILES string of the molecule is C=CCO[C@H]1OC(C)[C@H](OCCCC)C(OCCCC)C1NC(=O)OCC(Cl)(Cl)Cl. The molecule has 1 fully saturated rings. The third-order valence-corrected chi connectivity index (χ3v) is 4.76. The van der Waals surface area contributed by atoms with Crippen LogP contribution in [-0.4, -0.2) is 67.0 Å². The van der Waals surface area contributed by atoms with Gasteiger partial charge in [-0.05, 0) is 19.8 Å². The summed E-state index contributed by atoms with van der Waals surface area (Å²) in [6.07, 6.45) is 2.59. The van der Waals surface area contributed by atoms with E-state index < -0.39 is 41.0 Å². The van der Waals surface area contributed by atoms with Crippen molar-refractivity contribution in [2.45, 2.75) is 80.9 Å². The number of carbonyl (C=O) groups excluding carboxylic acids is 1. The predicted molar refractivity (Wildman–Crippen MR) is 118 cm³/mol. The number of carbonyl (C=O) groups is 1. The molecule has 0 aliphatic carbocycles. The zero-order valence-corrected chi connectivity index (χ0v) is 20.2.